The molecule has 0 spiro atoms. The Kier molecular flexibility index (Phi) is 6.74. The van der Waals surface area contributed by atoms with Crippen LogP contribution in [0.3, 0.4) is 0 Å². The van der Waals surface area contributed by atoms with Gasteiger partial charge in [-0.2, -0.15) is 0 Å². The summed E-state index contributed by atoms with van der Waals surface area (Å²) in [6, 6.07) is 60.9. The largest absolute Gasteiger partial charge is 0.309 e. The zero-order valence-electron chi connectivity index (χ0n) is 27.5. The van der Waals surface area contributed by atoms with E-state index < -0.39 is 0 Å². The van der Waals surface area contributed by atoms with Gasteiger partial charge >= 0.3 is 0 Å². The molecule has 238 valence electrons. The maximum atomic E-state index is 5.24. The van der Waals surface area contributed by atoms with Crippen LogP contribution in [0.15, 0.2) is 176 Å². The van der Waals surface area contributed by atoms with E-state index in [4.69, 9.17) is 19.9 Å². The van der Waals surface area contributed by atoms with Crippen LogP contribution in [0.2, 0.25) is 0 Å². The number of hydrogen-bond donors (Lipinski definition) is 0. The van der Waals surface area contributed by atoms with Crippen LogP contribution in [0.1, 0.15) is 0 Å². The van der Waals surface area contributed by atoms with E-state index in [0.717, 1.165) is 77.1 Å². The molecule has 0 unspecified atom stereocenters. The lowest BCUT2D eigenvalue weighted by Gasteiger charge is -2.12. The fraction of sp³-hybridized carbons (Fsp3) is 0. The van der Waals surface area contributed by atoms with Crippen molar-refractivity contribution in [3.05, 3.63) is 176 Å². The Morgan fingerprint density at radius 3 is 1.59 bits per heavy atom. The average molecular weight is 652 g/mol. The number of pyridine rings is 1. The lowest BCUT2D eigenvalue weighted by atomic mass is 9.97. The van der Waals surface area contributed by atoms with E-state index in [1.165, 1.54) is 0 Å². The Balaban J connectivity index is 1.35. The molecule has 5 nitrogen and oxygen atoms in total. The zero-order valence-corrected chi connectivity index (χ0v) is 27.5. The van der Waals surface area contributed by atoms with Crippen molar-refractivity contribution in [2.75, 3.05) is 0 Å². The number of hydrogen-bond acceptors (Lipinski definition) is 4. The van der Waals surface area contributed by atoms with Crippen molar-refractivity contribution >= 4 is 43.5 Å². The van der Waals surface area contributed by atoms with E-state index >= 15 is 0 Å². The molecular weight excluding hydrogens is 623 g/mol. The van der Waals surface area contributed by atoms with Gasteiger partial charge in [0.2, 0.25) is 0 Å². The van der Waals surface area contributed by atoms with Gasteiger partial charge in [0, 0.05) is 49.5 Å². The molecule has 0 aliphatic carbocycles. The standard InChI is InChI=1S/C46H29N5/c1-5-16-30(17-6-1)43-37-29-41-38(28-36(37)34-24-13-14-26-39(34)47-43)42-35(25-15-27-40(42)51(41)33-22-11-4-12-23-33)46-49-44(31-18-7-2-8-19-31)48-45(50-46)32-20-9-3-10-21-32/h1-29H. The third-order valence-corrected chi connectivity index (χ3v) is 9.61. The first-order chi connectivity index (χ1) is 25.3. The first-order valence-corrected chi connectivity index (χ1v) is 17.1. The van der Waals surface area contributed by atoms with Crippen LogP contribution in [0.4, 0.5) is 0 Å². The summed E-state index contributed by atoms with van der Waals surface area (Å²) in [5.74, 6) is 1.90. The molecule has 0 atom stereocenters. The fourth-order valence-electron chi connectivity index (χ4n) is 7.30. The topological polar surface area (TPSA) is 56.5 Å². The van der Waals surface area contributed by atoms with Gasteiger partial charge < -0.3 is 4.57 Å². The van der Waals surface area contributed by atoms with Crippen molar-refractivity contribution in [2.45, 2.75) is 0 Å². The molecule has 0 saturated carbocycles. The third kappa shape index (κ3) is 4.86. The first-order valence-electron chi connectivity index (χ1n) is 17.1. The maximum Gasteiger partial charge on any atom is 0.164 e. The lowest BCUT2D eigenvalue weighted by molar-refractivity contribution is 1.08. The second-order valence-corrected chi connectivity index (χ2v) is 12.7. The highest BCUT2D eigenvalue weighted by Gasteiger charge is 2.22. The molecule has 0 aliphatic rings. The minimum Gasteiger partial charge on any atom is -0.309 e. The average Bonchev–Trinajstić information content (AvgIpc) is 3.54. The summed E-state index contributed by atoms with van der Waals surface area (Å²) in [6.45, 7) is 0. The van der Waals surface area contributed by atoms with Crippen molar-refractivity contribution in [1.82, 2.24) is 24.5 Å². The SMILES string of the molecule is c1ccc(-c2nc(-c3ccccc3)nc(-c3cccc4c3c3cc5c(cc3n4-c3ccccc3)c(-c3ccccc3)nc3ccccc35)n2)cc1. The van der Waals surface area contributed by atoms with Gasteiger partial charge in [-0.05, 0) is 41.8 Å². The molecule has 0 bridgehead atoms. The Bertz CT molecular complexity index is 2830. The smallest absolute Gasteiger partial charge is 0.164 e. The number of rotatable bonds is 5. The van der Waals surface area contributed by atoms with Gasteiger partial charge in [-0.25, -0.2) is 19.9 Å². The van der Waals surface area contributed by atoms with Gasteiger partial charge in [-0.15, -0.1) is 0 Å². The number of para-hydroxylation sites is 2. The second-order valence-electron chi connectivity index (χ2n) is 12.7. The minimum atomic E-state index is 0.630. The highest BCUT2D eigenvalue weighted by Crippen LogP contribution is 2.42. The van der Waals surface area contributed by atoms with Crippen LogP contribution in [-0.2, 0) is 0 Å². The number of nitrogens with zero attached hydrogens (tertiary/aromatic N) is 5. The summed E-state index contributed by atoms with van der Waals surface area (Å²) in [4.78, 5) is 20.5. The van der Waals surface area contributed by atoms with Crippen LogP contribution >= 0.6 is 0 Å². The summed E-state index contributed by atoms with van der Waals surface area (Å²) < 4.78 is 2.36. The van der Waals surface area contributed by atoms with E-state index in [1.54, 1.807) is 0 Å². The van der Waals surface area contributed by atoms with E-state index in [-0.39, 0.29) is 0 Å². The minimum absolute atomic E-state index is 0.630. The molecule has 0 fully saturated rings. The molecular formula is C46H29N5. The predicted molar refractivity (Wildman–Crippen MR) is 209 cm³/mol. The van der Waals surface area contributed by atoms with Crippen molar-refractivity contribution in [2.24, 2.45) is 0 Å². The quantitative estimate of drug-likeness (QED) is 0.174. The van der Waals surface area contributed by atoms with Crippen molar-refractivity contribution in [3.8, 4) is 51.1 Å². The van der Waals surface area contributed by atoms with Crippen LogP contribution < -0.4 is 0 Å². The van der Waals surface area contributed by atoms with Crippen molar-refractivity contribution < 1.29 is 0 Å². The highest BCUT2D eigenvalue weighted by atomic mass is 15.0. The molecule has 5 heteroatoms. The second kappa shape index (κ2) is 11.9. The molecule has 0 saturated heterocycles. The molecule has 7 aromatic carbocycles. The fourth-order valence-corrected chi connectivity index (χ4v) is 7.30. The van der Waals surface area contributed by atoms with Gasteiger partial charge in [0.05, 0.1) is 22.2 Å². The van der Waals surface area contributed by atoms with Gasteiger partial charge in [0.25, 0.3) is 0 Å². The molecule has 0 amide bonds. The summed E-state index contributed by atoms with van der Waals surface area (Å²) in [5, 5.41) is 5.58. The zero-order chi connectivity index (χ0) is 33.7. The summed E-state index contributed by atoms with van der Waals surface area (Å²) in [6.07, 6.45) is 0. The van der Waals surface area contributed by atoms with Gasteiger partial charge in [0.1, 0.15) is 0 Å². The Morgan fingerprint density at radius 2 is 0.922 bits per heavy atom. The number of fused-ring (bicyclic) bond motifs is 6. The van der Waals surface area contributed by atoms with E-state index in [0.29, 0.717) is 17.5 Å². The number of aromatic nitrogens is 5. The van der Waals surface area contributed by atoms with Crippen LogP contribution in [0.5, 0.6) is 0 Å². The van der Waals surface area contributed by atoms with Crippen molar-refractivity contribution in [3.63, 3.8) is 0 Å². The van der Waals surface area contributed by atoms with E-state index in [9.17, 15) is 0 Å². The molecule has 3 heterocycles. The predicted octanol–water partition coefficient (Wildman–Crippen LogP) is 11.3. The Hall–Kier alpha value is -6.98. The molecule has 51 heavy (non-hydrogen) atoms. The lowest BCUT2D eigenvalue weighted by Crippen LogP contribution is -2.00. The van der Waals surface area contributed by atoms with E-state index in [1.807, 2.05) is 66.7 Å². The van der Waals surface area contributed by atoms with Crippen molar-refractivity contribution in [1.29, 1.82) is 0 Å². The molecule has 0 radical (unpaired) electrons. The van der Waals surface area contributed by atoms with Crippen LogP contribution in [0.25, 0.3) is 94.6 Å². The summed E-state index contributed by atoms with van der Waals surface area (Å²) in [5.41, 5.74) is 9.09. The molecule has 10 rings (SSSR count). The summed E-state index contributed by atoms with van der Waals surface area (Å²) >= 11 is 0. The Morgan fingerprint density at radius 1 is 0.353 bits per heavy atom. The van der Waals surface area contributed by atoms with E-state index in [2.05, 4.69) is 114 Å². The molecule has 0 aliphatic heterocycles. The summed E-state index contributed by atoms with van der Waals surface area (Å²) in [7, 11) is 0. The monoisotopic (exact) mass is 651 g/mol. The van der Waals surface area contributed by atoms with Crippen LogP contribution in [0, 0.1) is 0 Å². The number of benzene rings is 7. The molecule has 10 aromatic rings. The third-order valence-electron chi connectivity index (χ3n) is 9.61. The molecule has 0 N–H and O–H groups in total. The van der Waals surface area contributed by atoms with Gasteiger partial charge in [0.15, 0.2) is 17.5 Å². The highest BCUT2D eigenvalue weighted by molar-refractivity contribution is 6.22. The first kappa shape index (κ1) is 29.0. The Labute approximate surface area is 294 Å². The normalized spacial score (nSPS) is 11.5. The van der Waals surface area contributed by atoms with Crippen LogP contribution in [-0.4, -0.2) is 24.5 Å². The van der Waals surface area contributed by atoms with Gasteiger partial charge in [-0.3, -0.25) is 0 Å². The maximum absolute atomic E-state index is 5.24. The molecule has 3 aromatic heterocycles. The van der Waals surface area contributed by atoms with Gasteiger partial charge in [-0.1, -0.05) is 140 Å².